The Morgan fingerprint density at radius 3 is 2.76 bits per heavy atom. The van der Waals surface area contributed by atoms with E-state index in [1.807, 2.05) is 0 Å². The van der Waals surface area contributed by atoms with Crippen LogP contribution in [0.15, 0.2) is 18.2 Å². The van der Waals surface area contributed by atoms with E-state index in [4.69, 9.17) is 15.7 Å². The van der Waals surface area contributed by atoms with Crippen molar-refractivity contribution in [3.05, 3.63) is 23.8 Å². The van der Waals surface area contributed by atoms with Crippen LogP contribution < -0.4 is 10.5 Å². The summed E-state index contributed by atoms with van der Waals surface area (Å²) in [4.78, 5) is 0. The summed E-state index contributed by atoms with van der Waals surface area (Å²) < 4.78 is 5.66. The number of nitrogens with zero attached hydrogens (tertiary/aromatic N) is 1. The second-order valence-electron chi connectivity index (χ2n) is 4.65. The van der Waals surface area contributed by atoms with Crippen LogP contribution in [0.2, 0.25) is 0 Å². The highest BCUT2D eigenvalue weighted by Crippen LogP contribution is 2.28. The number of nitriles is 1. The maximum absolute atomic E-state index is 8.73. The van der Waals surface area contributed by atoms with E-state index in [-0.39, 0.29) is 0 Å². The number of ether oxygens (including phenoxy) is 1. The van der Waals surface area contributed by atoms with Gasteiger partial charge in [-0.15, -0.1) is 0 Å². The molecular weight excluding hydrogens is 212 g/mol. The molecule has 2 rings (SSSR count). The average molecular weight is 230 g/mol. The third kappa shape index (κ3) is 3.13. The fourth-order valence-electron chi connectivity index (χ4n) is 2.38. The van der Waals surface area contributed by atoms with E-state index in [0.29, 0.717) is 17.0 Å². The summed E-state index contributed by atoms with van der Waals surface area (Å²) in [7, 11) is 0. The maximum Gasteiger partial charge on any atom is 0.142 e. The van der Waals surface area contributed by atoms with Gasteiger partial charge in [0.15, 0.2) is 0 Å². The van der Waals surface area contributed by atoms with E-state index in [9.17, 15) is 0 Å². The van der Waals surface area contributed by atoms with Crippen LogP contribution in [-0.2, 0) is 0 Å². The Hall–Kier alpha value is -1.69. The molecule has 2 N–H and O–H groups in total. The highest BCUT2D eigenvalue weighted by atomic mass is 16.5. The molecule has 0 aliphatic heterocycles. The molecule has 3 heteroatoms. The smallest absolute Gasteiger partial charge is 0.142 e. The van der Waals surface area contributed by atoms with Crippen molar-refractivity contribution in [2.45, 2.75) is 32.1 Å². The second-order valence-corrected chi connectivity index (χ2v) is 4.65. The molecule has 0 bridgehead atoms. The van der Waals surface area contributed by atoms with Crippen molar-refractivity contribution in [3.63, 3.8) is 0 Å². The van der Waals surface area contributed by atoms with Crippen LogP contribution in [0.3, 0.4) is 0 Å². The molecule has 1 aliphatic rings. The van der Waals surface area contributed by atoms with E-state index >= 15 is 0 Å². The summed E-state index contributed by atoms with van der Waals surface area (Å²) in [6.07, 6.45) is 6.52. The Morgan fingerprint density at radius 2 is 2.12 bits per heavy atom. The number of rotatable bonds is 4. The molecule has 0 spiro atoms. The first-order valence-corrected chi connectivity index (χ1v) is 6.22. The summed E-state index contributed by atoms with van der Waals surface area (Å²) in [5.74, 6) is 1.52. The molecule has 1 aromatic carbocycles. The molecule has 0 atom stereocenters. The number of hydrogen-bond donors (Lipinski definition) is 1. The molecule has 0 aromatic heterocycles. The number of hydrogen-bond acceptors (Lipinski definition) is 3. The fraction of sp³-hybridized carbons (Fsp3) is 0.500. The molecule has 1 aromatic rings. The SMILES string of the molecule is N#Cc1ccc(OCCC2CCCC2)c(N)c1. The Morgan fingerprint density at radius 1 is 1.35 bits per heavy atom. The molecule has 1 fully saturated rings. The Labute approximate surface area is 102 Å². The molecule has 0 radical (unpaired) electrons. The van der Waals surface area contributed by atoms with Gasteiger partial charge in [0.1, 0.15) is 5.75 Å². The van der Waals surface area contributed by atoms with E-state index in [2.05, 4.69) is 6.07 Å². The first-order chi connectivity index (χ1) is 8.29. The van der Waals surface area contributed by atoms with Gasteiger partial charge in [0.05, 0.1) is 23.9 Å². The topological polar surface area (TPSA) is 59.0 Å². The predicted molar refractivity (Wildman–Crippen MR) is 67.6 cm³/mol. The van der Waals surface area contributed by atoms with Gasteiger partial charge in [0.25, 0.3) is 0 Å². The Bertz CT molecular complexity index is 417. The highest BCUT2D eigenvalue weighted by Gasteiger charge is 2.14. The van der Waals surface area contributed by atoms with Gasteiger partial charge < -0.3 is 10.5 Å². The second kappa shape index (κ2) is 5.58. The van der Waals surface area contributed by atoms with Crippen LogP contribution in [0.1, 0.15) is 37.7 Å². The van der Waals surface area contributed by atoms with Gasteiger partial charge >= 0.3 is 0 Å². The Balaban J connectivity index is 1.84. The van der Waals surface area contributed by atoms with Crippen molar-refractivity contribution in [3.8, 4) is 11.8 Å². The fourth-order valence-corrected chi connectivity index (χ4v) is 2.38. The molecule has 0 saturated heterocycles. The van der Waals surface area contributed by atoms with Crippen molar-refractivity contribution in [1.29, 1.82) is 5.26 Å². The van der Waals surface area contributed by atoms with Gasteiger partial charge in [-0.05, 0) is 30.5 Å². The van der Waals surface area contributed by atoms with Crippen molar-refractivity contribution in [2.24, 2.45) is 5.92 Å². The minimum absolute atomic E-state index is 0.551. The van der Waals surface area contributed by atoms with Crippen LogP contribution in [0.4, 0.5) is 5.69 Å². The third-order valence-electron chi connectivity index (χ3n) is 3.40. The first kappa shape index (κ1) is 11.8. The molecule has 3 nitrogen and oxygen atoms in total. The summed E-state index contributed by atoms with van der Waals surface area (Å²) in [6, 6.07) is 7.24. The number of anilines is 1. The zero-order valence-electron chi connectivity index (χ0n) is 9.98. The molecule has 90 valence electrons. The van der Waals surface area contributed by atoms with Crippen molar-refractivity contribution < 1.29 is 4.74 Å². The molecule has 0 unspecified atom stereocenters. The van der Waals surface area contributed by atoms with E-state index in [1.165, 1.54) is 25.7 Å². The lowest BCUT2D eigenvalue weighted by molar-refractivity contribution is 0.280. The third-order valence-corrected chi connectivity index (χ3v) is 3.40. The first-order valence-electron chi connectivity index (χ1n) is 6.22. The van der Waals surface area contributed by atoms with Crippen molar-refractivity contribution in [1.82, 2.24) is 0 Å². The molecule has 0 amide bonds. The van der Waals surface area contributed by atoms with Gasteiger partial charge in [-0.3, -0.25) is 0 Å². The number of nitrogens with two attached hydrogens (primary N) is 1. The number of benzene rings is 1. The Kier molecular flexibility index (Phi) is 3.87. The molecule has 1 aliphatic carbocycles. The van der Waals surface area contributed by atoms with Gasteiger partial charge in [-0.1, -0.05) is 25.7 Å². The van der Waals surface area contributed by atoms with E-state index in [1.54, 1.807) is 18.2 Å². The van der Waals surface area contributed by atoms with Gasteiger partial charge in [0, 0.05) is 0 Å². The van der Waals surface area contributed by atoms with Crippen LogP contribution >= 0.6 is 0 Å². The quantitative estimate of drug-likeness (QED) is 0.808. The highest BCUT2D eigenvalue weighted by molar-refractivity contribution is 5.56. The normalized spacial score (nSPS) is 15.7. The van der Waals surface area contributed by atoms with E-state index in [0.717, 1.165) is 18.9 Å². The zero-order valence-corrected chi connectivity index (χ0v) is 9.98. The predicted octanol–water partition coefficient (Wildman–Crippen LogP) is 3.10. The molecular formula is C14H18N2O. The summed E-state index contributed by atoms with van der Waals surface area (Å²) in [5.41, 5.74) is 6.94. The van der Waals surface area contributed by atoms with Crippen LogP contribution in [0, 0.1) is 17.2 Å². The number of nitrogen functional groups attached to an aromatic ring is 1. The monoisotopic (exact) mass is 230 g/mol. The average Bonchev–Trinajstić information content (AvgIpc) is 2.84. The largest absolute Gasteiger partial charge is 0.491 e. The van der Waals surface area contributed by atoms with Crippen molar-refractivity contribution in [2.75, 3.05) is 12.3 Å². The lowest BCUT2D eigenvalue weighted by atomic mass is 10.1. The lowest BCUT2D eigenvalue weighted by Gasteiger charge is -2.12. The van der Waals surface area contributed by atoms with Crippen LogP contribution in [0.5, 0.6) is 5.75 Å². The lowest BCUT2D eigenvalue weighted by Crippen LogP contribution is -2.05. The summed E-state index contributed by atoms with van der Waals surface area (Å²) in [5, 5.41) is 8.73. The maximum atomic E-state index is 8.73. The standard InChI is InChI=1S/C14H18N2O/c15-10-12-5-6-14(13(16)9-12)17-8-7-11-3-1-2-4-11/h5-6,9,11H,1-4,7-8,16H2. The van der Waals surface area contributed by atoms with Gasteiger partial charge in [-0.2, -0.15) is 5.26 Å². The van der Waals surface area contributed by atoms with Gasteiger partial charge in [-0.25, -0.2) is 0 Å². The van der Waals surface area contributed by atoms with Crippen LogP contribution in [-0.4, -0.2) is 6.61 Å². The van der Waals surface area contributed by atoms with E-state index < -0.39 is 0 Å². The van der Waals surface area contributed by atoms with Crippen molar-refractivity contribution >= 4 is 5.69 Å². The zero-order chi connectivity index (χ0) is 12.1. The summed E-state index contributed by atoms with van der Waals surface area (Å²) in [6.45, 7) is 0.723. The van der Waals surface area contributed by atoms with Gasteiger partial charge in [0.2, 0.25) is 0 Å². The minimum Gasteiger partial charge on any atom is -0.491 e. The molecule has 0 heterocycles. The minimum atomic E-state index is 0.551. The molecule has 1 saturated carbocycles. The summed E-state index contributed by atoms with van der Waals surface area (Å²) >= 11 is 0. The molecule has 17 heavy (non-hydrogen) atoms. The van der Waals surface area contributed by atoms with Crippen LogP contribution in [0.25, 0.3) is 0 Å².